The molecule has 0 aliphatic carbocycles. The Morgan fingerprint density at radius 3 is 2.28 bits per heavy atom. The molecule has 0 unspecified atom stereocenters. The number of ether oxygens (including phenoxy) is 1. The molecule has 1 N–H and O–H groups in total. The molecule has 236 valence electrons. The van der Waals surface area contributed by atoms with Crippen molar-refractivity contribution in [2.24, 2.45) is 0 Å². The van der Waals surface area contributed by atoms with Gasteiger partial charge in [0.25, 0.3) is 5.91 Å². The van der Waals surface area contributed by atoms with Gasteiger partial charge in [-0.3, -0.25) is 13.7 Å². The first kappa shape index (κ1) is 30.7. The third-order valence-corrected chi connectivity index (χ3v) is 8.81. The van der Waals surface area contributed by atoms with Crippen molar-refractivity contribution in [1.29, 1.82) is 0 Å². The van der Waals surface area contributed by atoms with Crippen LogP contribution in [0.3, 0.4) is 0 Å². The van der Waals surface area contributed by atoms with Gasteiger partial charge in [0.2, 0.25) is 10.0 Å². The number of amides is 1. The SMILES string of the molecule is CNC(=O)c1c(-c2ccc(C)cc2)oc2cc(N(C)S(C)(=O)=O)c(-c3ccc4ncn(-c5ccc(OC(F)(F)F)cc5)c4c3)cc12. The fraction of sp³-hybridized carbons (Fsp3) is 0.152. The summed E-state index contributed by atoms with van der Waals surface area (Å²) < 4.78 is 76.7. The van der Waals surface area contributed by atoms with Gasteiger partial charge in [0.1, 0.15) is 23.4 Å². The van der Waals surface area contributed by atoms with Crippen molar-refractivity contribution in [3.8, 4) is 33.9 Å². The van der Waals surface area contributed by atoms with Crippen molar-refractivity contribution in [3.63, 3.8) is 0 Å². The average Bonchev–Trinajstić information content (AvgIpc) is 3.60. The van der Waals surface area contributed by atoms with Gasteiger partial charge in [-0.15, -0.1) is 13.2 Å². The molecule has 0 saturated carbocycles. The Kier molecular flexibility index (Phi) is 7.51. The summed E-state index contributed by atoms with van der Waals surface area (Å²) in [7, 11) is -0.788. The summed E-state index contributed by atoms with van der Waals surface area (Å²) in [5.41, 5.74) is 5.44. The number of nitrogens with one attached hydrogen (secondary N) is 1. The number of nitrogens with zero attached hydrogens (tertiary/aromatic N) is 3. The topological polar surface area (TPSA) is 107 Å². The quantitative estimate of drug-likeness (QED) is 0.199. The number of anilines is 1. The second-order valence-corrected chi connectivity index (χ2v) is 12.7. The number of aromatic nitrogens is 2. The minimum Gasteiger partial charge on any atom is -0.455 e. The molecule has 0 saturated heterocycles. The van der Waals surface area contributed by atoms with Crippen LogP contribution in [0.4, 0.5) is 18.9 Å². The highest BCUT2D eigenvalue weighted by Gasteiger charge is 2.31. The molecule has 46 heavy (non-hydrogen) atoms. The summed E-state index contributed by atoms with van der Waals surface area (Å²) in [4.78, 5) is 17.7. The largest absolute Gasteiger partial charge is 0.573 e. The van der Waals surface area contributed by atoms with Gasteiger partial charge in [0, 0.05) is 42.4 Å². The maximum atomic E-state index is 13.3. The predicted octanol–water partition coefficient (Wildman–Crippen LogP) is 7.07. The van der Waals surface area contributed by atoms with Crippen LogP contribution in [0.5, 0.6) is 5.75 Å². The lowest BCUT2D eigenvalue weighted by Crippen LogP contribution is -2.25. The van der Waals surface area contributed by atoms with Crippen molar-refractivity contribution in [1.82, 2.24) is 14.9 Å². The summed E-state index contributed by atoms with van der Waals surface area (Å²) in [6, 6.07) is 21.5. The van der Waals surface area contributed by atoms with Crippen molar-refractivity contribution >= 4 is 43.6 Å². The first-order valence-corrected chi connectivity index (χ1v) is 15.8. The normalized spacial score (nSPS) is 12.1. The third kappa shape index (κ3) is 5.76. The minimum absolute atomic E-state index is 0.295. The number of benzene rings is 4. The molecule has 0 atom stereocenters. The third-order valence-electron chi connectivity index (χ3n) is 7.62. The molecule has 0 aliphatic heterocycles. The maximum Gasteiger partial charge on any atom is 0.573 e. The Labute approximate surface area is 261 Å². The number of hydrogen-bond donors (Lipinski definition) is 1. The van der Waals surface area contributed by atoms with E-state index < -0.39 is 16.4 Å². The van der Waals surface area contributed by atoms with Crippen LogP contribution < -0.4 is 14.4 Å². The Balaban J connectivity index is 1.56. The number of rotatable bonds is 7. The molecule has 2 heterocycles. The Hall–Kier alpha value is -5.30. The molecule has 2 aromatic heterocycles. The zero-order valence-corrected chi connectivity index (χ0v) is 25.8. The molecular weight excluding hydrogens is 621 g/mol. The van der Waals surface area contributed by atoms with Crippen LogP contribution in [0.2, 0.25) is 0 Å². The van der Waals surface area contributed by atoms with E-state index in [1.54, 1.807) is 34.9 Å². The standard InChI is InChI=1S/C33H27F3N4O5S/c1-19-5-7-20(8-6-19)31-30(32(41)37-2)25-16-24(27(17-29(25)44-31)39(3)46(4,42)43)21-9-14-26-28(15-21)40(18-38-26)22-10-12-23(13-11-22)45-33(34,35)36/h5-18H,1-4H3,(H,37,41). The van der Waals surface area contributed by atoms with Crippen molar-refractivity contribution in [2.45, 2.75) is 13.3 Å². The van der Waals surface area contributed by atoms with E-state index in [-0.39, 0.29) is 11.7 Å². The number of furan rings is 1. The smallest absolute Gasteiger partial charge is 0.455 e. The second-order valence-electron chi connectivity index (χ2n) is 10.7. The molecule has 13 heteroatoms. The van der Waals surface area contributed by atoms with E-state index in [2.05, 4.69) is 15.0 Å². The van der Waals surface area contributed by atoms with Gasteiger partial charge >= 0.3 is 6.36 Å². The van der Waals surface area contributed by atoms with E-state index in [0.29, 0.717) is 61.4 Å². The summed E-state index contributed by atoms with van der Waals surface area (Å²) in [6.07, 6.45) is -2.20. The highest BCUT2D eigenvalue weighted by molar-refractivity contribution is 7.92. The lowest BCUT2D eigenvalue weighted by Gasteiger charge is -2.21. The van der Waals surface area contributed by atoms with Gasteiger partial charge in [0.15, 0.2) is 0 Å². The molecule has 0 radical (unpaired) electrons. The van der Waals surface area contributed by atoms with Crippen LogP contribution in [0.1, 0.15) is 15.9 Å². The van der Waals surface area contributed by atoms with E-state index in [0.717, 1.165) is 16.1 Å². The van der Waals surface area contributed by atoms with Crippen molar-refractivity contribution < 1.29 is 35.5 Å². The first-order chi connectivity index (χ1) is 21.7. The lowest BCUT2D eigenvalue weighted by molar-refractivity contribution is -0.274. The minimum atomic E-state index is -4.82. The summed E-state index contributed by atoms with van der Waals surface area (Å²) in [5, 5.41) is 3.15. The summed E-state index contributed by atoms with van der Waals surface area (Å²) >= 11 is 0. The molecule has 0 fully saturated rings. The maximum absolute atomic E-state index is 13.3. The molecule has 9 nitrogen and oxygen atoms in total. The van der Waals surface area contributed by atoms with Crippen LogP contribution in [-0.4, -0.2) is 50.6 Å². The van der Waals surface area contributed by atoms with Crippen LogP contribution in [0.25, 0.3) is 50.1 Å². The number of carbonyl (C=O) groups excluding carboxylic acids is 1. The van der Waals surface area contributed by atoms with Gasteiger partial charge in [-0.2, -0.15) is 0 Å². The van der Waals surface area contributed by atoms with Gasteiger partial charge in [-0.05, 0) is 55.0 Å². The number of halogens is 3. The summed E-state index contributed by atoms with van der Waals surface area (Å²) in [5.74, 6) is -0.401. The van der Waals surface area contributed by atoms with Gasteiger partial charge in [0.05, 0.1) is 28.5 Å². The van der Waals surface area contributed by atoms with Crippen LogP contribution >= 0.6 is 0 Å². The number of alkyl halides is 3. The van der Waals surface area contributed by atoms with E-state index in [1.807, 2.05) is 31.2 Å². The van der Waals surface area contributed by atoms with Gasteiger partial charge < -0.3 is 14.5 Å². The molecular formula is C33H27F3N4O5S. The monoisotopic (exact) mass is 648 g/mol. The fourth-order valence-electron chi connectivity index (χ4n) is 5.25. The highest BCUT2D eigenvalue weighted by Crippen LogP contribution is 2.42. The van der Waals surface area contributed by atoms with E-state index in [9.17, 15) is 26.4 Å². The zero-order valence-electron chi connectivity index (χ0n) is 25.0. The molecule has 0 aliphatic rings. The molecule has 0 spiro atoms. The van der Waals surface area contributed by atoms with Crippen LogP contribution in [0, 0.1) is 6.92 Å². The Morgan fingerprint density at radius 1 is 0.978 bits per heavy atom. The number of fused-ring (bicyclic) bond motifs is 2. The first-order valence-electron chi connectivity index (χ1n) is 13.9. The number of hydrogen-bond acceptors (Lipinski definition) is 6. The number of aryl methyl sites for hydroxylation is 1. The fourth-order valence-corrected chi connectivity index (χ4v) is 5.76. The predicted molar refractivity (Wildman–Crippen MR) is 170 cm³/mol. The van der Waals surface area contributed by atoms with Gasteiger partial charge in [-0.1, -0.05) is 35.9 Å². The molecule has 4 aromatic carbocycles. The van der Waals surface area contributed by atoms with Crippen LogP contribution in [-0.2, 0) is 10.0 Å². The lowest BCUT2D eigenvalue weighted by atomic mass is 9.98. The second kappa shape index (κ2) is 11.2. The van der Waals surface area contributed by atoms with Crippen molar-refractivity contribution in [3.05, 3.63) is 96.3 Å². The highest BCUT2D eigenvalue weighted by atomic mass is 32.2. The molecule has 1 amide bonds. The van der Waals surface area contributed by atoms with Crippen molar-refractivity contribution in [2.75, 3.05) is 24.7 Å². The van der Waals surface area contributed by atoms with Gasteiger partial charge in [-0.25, -0.2) is 13.4 Å². The molecule has 0 bridgehead atoms. The number of carbonyl (C=O) groups is 1. The molecule has 6 rings (SSSR count). The summed E-state index contributed by atoms with van der Waals surface area (Å²) in [6.45, 7) is 1.95. The van der Waals surface area contributed by atoms with E-state index in [4.69, 9.17) is 4.42 Å². The number of imidazole rings is 1. The molecule has 6 aromatic rings. The van der Waals surface area contributed by atoms with E-state index >= 15 is 0 Å². The Morgan fingerprint density at radius 2 is 1.65 bits per heavy atom. The van der Waals surface area contributed by atoms with Crippen LogP contribution in [0.15, 0.2) is 89.6 Å². The van der Waals surface area contributed by atoms with E-state index in [1.165, 1.54) is 44.7 Å². The number of sulfonamides is 1. The zero-order chi connectivity index (χ0) is 33.0. The average molecular weight is 649 g/mol. The Bertz CT molecular complexity index is 2220.